The number of hydrogen-bond acceptors (Lipinski definition) is 4. The fraction of sp³-hybridized carbons (Fsp3) is 0.235. The second-order valence-corrected chi connectivity index (χ2v) is 5.85. The summed E-state index contributed by atoms with van der Waals surface area (Å²) < 4.78 is 24.6. The van der Waals surface area contributed by atoms with E-state index in [2.05, 4.69) is 21.2 Å². The highest BCUT2D eigenvalue weighted by atomic mass is 79.9. The number of amides is 1. The number of nitrogens with one attached hydrogen (secondary N) is 1. The molecule has 0 spiro atoms. The Balaban J connectivity index is 1.91. The third-order valence-electron chi connectivity index (χ3n) is 3.28. The Morgan fingerprint density at radius 2 is 2.04 bits per heavy atom. The van der Waals surface area contributed by atoms with Crippen molar-refractivity contribution in [3.8, 4) is 5.75 Å². The van der Waals surface area contributed by atoms with E-state index < -0.39 is 5.82 Å². The lowest BCUT2D eigenvalue weighted by Gasteiger charge is -2.15. The molecule has 0 aliphatic rings. The molecule has 2 aromatic carbocycles. The monoisotopic (exact) mass is 396 g/mol. The molecule has 24 heavy (non-hydrogen) atoms. The summed E-state index contributed by atoms with van der Waals surface area (Å²) in [4.78, 5) is 12.0. The van der Waals surface area contributed by atoms with E-state index in [0.29, 0.717) is 11.1 Å². The largest absolute Gasteiger partial charge is 0.492 e. The molecule has 0 bridgehead atoms. The number of nitrogen functional groups attached to an aromatic ring is 1. The summed E-state index contributed by atoms with van der Waals surface area (Å²) in [5, 5.41) is 2.57. The molecule has 1 amide bonds. The lowest BCUT2D eigenvalue weighted by atomic mass is 10.2. The Hall–Kier alpha value is -2.12. The number of halogens is 2. The van der Waals surface area contributed by atoms with Crippen LogP contribution in [0.15, 0.2) is 40.9 Å². The number of benzene rings is 2. The number of carbonyl (C=O) groups excluding carboxylic acids is 1. The Morgan fingerprint density at radius 1 is 1.33 bits per heavy atom. The van der Waals surface area contributed by atoms with E-state index in [1.54, 1.807) is 0 Å². The van der Waals surface area contributed by atoms with Gasteiger partial charge in [-0.2, -0.15) is 0 Å². The summed E-state index contributed by atoms with van der Waals surface area (Å²) in [6.45, 7) is 0.657. The van der Waals surface area contributed by atoms with Crippen LogP contribution in [0, 0.1) is 5.82 Å². The first-order valence-electron chi connectivity index (χ1n) is 7.26. The van der Waals surface area contributed by atoms with E-state index in [4.69, 9.17) is 15.2 Å². The van der Waals surface area contributed by atoms with Gasteiger partial charge < -0.3 is 20.5 Å². The summed E-state index contributed by atoms with van der Waals surface area (Å²) in [6, 6.07) is 10.8. The Kier molecular flexibility index (Phi) is 6.57. The molecule has 2 aromatic rings. The van der Waals surface area contributed by atoms with Gasteiger partial charge in [0.05, 0.1) is 32.4 Å². The van der Waals surface area contributed by atoms with Crippen LogP contribution in [0.5, 0.6) is 5.75 Å². The van der Waals surface area contributed by atoms with Crippen LogP contribution in [-0.4, -0.2) is 19.6 Å². The van der Waals surface area contributed by atoms with Gasteiger partial charge in [-0.25, -0.2) is 4.39 Å². The average Bonchev–Trinajstić information content (AvgIpc) is 2.57. The van der Waals surface area contributed by atoms with Gasteiger partial charge in [0.2, 0.25) is 5.91 Å². The van der Waals surface area contributed by atoms with Crippen molar-refractivity contribution in [3.05, 3.63) is 52.3 Å². The second-order valence-electron chi connectivity index (χ2n) is 5.00. The van der Waals surface area contributed by atoms with Crippen molar-refractivity contribution < 1.29 is 18.7 Å². The molecule has 0 aliphatic heterocycles. The van der Waals surface area contributed by atoms with Crippen molar-refractivity contribution in [1.82, 2.24) is 0 Å². The van der Waals surface area contributed by atoms with E-state index in [1.807, 2.05) is 30.3 Å². The standard InChI is InChI=1S/C17H18BrFN2O3/c1-23-17-13(19)9-12(18)15(20)16(17)21-14(22)7-8-24-10-11-5-3-2-4-6-11/h2-6,9H,7-8,10,20H2,1H3,(H,21,22). The number of carbonyl (C=O) groups is 1. The number of nitrogens with two attached hydrogens (primary N) is 1. The fourth-order valence-electron chi connectivity index (χ4n) is 2.07. The zero-order chi connectivity index (χ0) is 17.5. The molecule has 5 nitrogen and oxygen atoms in total. The molecule has 2 rings (SSSR count). The molecule has 128 valence electrons. The van der Waals surface area contributed by atoms with Gasteiger partial charge >= 0.3 is 0 Å². The number of ether oxygens (including phenoxy) is 2. The predicted octanol–water partition coefficient (Wildman–Crippen LogP) is 3.72. The third kappa shape index (κ3) is 4.69. The van der Waals surface area contributed by atoms with Gasteiger partial charge in [-0.15, -0.1) is 0 Å². The van der Waals surface area contributed by atoms with Crippen molar-refractivity contribution in [3.63, 3.8) is 0 Å². The molecule has 0 atom stereocenters. The predicted molar refractivity (Wildman–Crippen MR) is 94.4 cm³/mol. The maximum absolute atomic E-state index is 13.8. The maximum Gasteiger partial charge on any atom is 0.226 e. The fourth-order valence-corrected chi connectivity index (χ4v) is 2.47. The molecule has 0 aromatic heterocycles. The van der Waals surface area contributed by atoms with Crippen LogP contribution in [0.1, 0.15) is 12.0 Å². The van der Waals surface area contributed by atoms with Gasteiger partial charge in [-0.1, -0.05) is 30.3 Å². The van der Waals surface area contributed by atoms with Crippen LogP contribution in [0.3, 0.4) is 0 Å². The quantitative estimate of drug-likeness (QED) is 0.552. The van der Waals surface area contributed by atoms with Gasteiger partial charge in [0.1, 0.15) is 5.69 Å². The molecule has 0 saturated heterocycles. The highest BCUT2D eigenvalue weighted by Crippen LogP contribution is 2.38. The van der Waals surface area contributed by atoms with Crippen LogP contribution < -0.4 is 15.8 Å². The highest BCUT2D eigenvalue weighted by Gasteiger charge is 2.18. The minimum atomic E-state index is -0.616. The molecule has 0 aliphatic carbocycles. The number of rotatable bonds is 7. The van der Waals surface area contributed by atoms with E-state index in [0.717, 1.165) is 5.56 Å². The SMILES string of the molecule is COc1c(F)cc(Br)c(N)c1NC(=O)CCOCc1ccccc1. The van der Waals surface area contributed by atoms with E-state index in [1.165, 1.54) is 13.2 Å². The molecule has 0 heterocycles. The van der Waals surface area contributed by atoms with E-state index in [-0.39, 0.29) is 36.1 Å². The van der Waals surface area contributed by atoms with Crippen LogP contribution in [0.2, 0.25) is 0 Å². The molecule has 3 N–H and O–H groups in total. The van der Waals surface area contributed by atoms with Crippen LogP contribution in [0.25, 0.3) is 0 Å². The Morgan fingerprint density at radius 3 is 2.71 bits per heavy atom. The van der Waals surface area contributed by atoms with Crippen molar-refractivity contribution >= 4 is 33.2 Å². The van der Waals surface area contributed by atoms with E-state index >= 15 is 0 Å². The highest BCUT2D eigenvalue weighted by molar-refractivity contribution is 9.10. The topological polar surface area (TPSA) is 73.6 Å². The van der Waals surface area contributed by atoms with Gasteiger partial charge in [0.15, 0.2) is 11.6 Å². The molecular weight excluding hydrogens is 379 g/mol. The summed E-state index contributed by atoms with van der Waals surface area (Å²) in [5.41, 5.74) is 7.20. The minimum Gasteiger partial charge on any atom is -0.492 e. The zero-order valence-electron chi connectivity index (χ0n) is 13.1. The van der Waals surface area contributed by atoms with Gasteiger partial charge in [0, 0.05) is 4.47 Å². The number of anilines is 2. The first kappa shape index (κ1) is 18.2. The van der Waals surface area contributed by atoms with Crippen LogP contribution >= 0.6 is 15.9 Å². The smallest absolute Gasteiger partial charge is 0.226 e. The average molecular weight is 397 g/mol. The van der Waals surface area contributed by atoms with Crippen LogP contribution in [-0.2, 0) is 16.1 Å². The minimum absolute atomic E-state index is 0.103. The lowest BCUT2D eigenvalue weighted by Crippen LogP contribution is -2.16. The Labute approximate surface area is 148 Å². The summed E-state index contributed by atoms with van der Waals surface area (Å²) in [6.07, 6.45) is 0.115. The van der Waals surface area contributed by atoms with E-state index in [9.17, 15) is 9.18 Å². The van der Waals surface area contributed by atoms with Crippen LogP contribution in [0.4, 0.5) is 15.8 Å². The van der Waals surface area contributed by atoms with Crippen molar-refractivity contribution in [2.45, 2.75) is 13.0 Å². The number of methoxy groups -OCH3 is 1. The molecule has 0 saturated carbocycles. The summed E-state index contributed by atoms with van der Waals surface area (Å²) >= 11 is 3.14. The third-order valence-corrected chi connectivity index (χ3v) is 3.93. The first-order valence-corrected chi connectivity index (χ1v) is 8.05. The van der Waals surface area contributed by atoms with Crippen molar-refractivity contribution in [2.24, 2.45) is 0 Å². The molecule has 7 heteroatoms. The first-order chi connectivity index (χ1) is 11.5. The lowest BCUT2D eigenvalue weighted by molar-refractivity contribution is -0.117. The van der Waals surface area contributed by atoms with Gasteiger partial charge in [-0.3, -0.25) is 4.79 Å². The molecule has 0 radical (unpaired) electrons. The normalized spacial score (nSPS) is 10.5. The second kappa shape index (κ2) is 8.65. The van der Waals surface area contributed by atoms with Crippen molar-refractivity contribution in [2.75, 3.05) is 24.8 Å². The van der Waals surface area contributed by atoms with Gasteiger partial charge in [-0.05, 0) is 27.6 Å². The maximum atomic E-state index is 13.8. The van der Waals surface area contributed by atoms with Crippen molar-refractivity contribution in [1.29, 1.82) is 0 Å². The molecular formula is C17H18BrFN2O3. The van der Waals surface area contributed by atoms with Gasteiger partial charge in [0.25, 0.3) is 0 Å². The summed E-state index contributed by atoms with van der Waals surface area (Å²) in [7, 11) is 1.31. The number of hydrogen-bond donors (Lipinski definition) is 2. The zero-order valence-corrected chi connectivity index (χ0v) is 14.7. The molecule has 0 fully saturated rings. The molecule has 0 unspecified atom stereocenters. The summed E-state index contributed by atoms with van der Waals surface area (Å²) in [5.74, 6) is -1.06. The Bertz CT molecular complexity index is 711.